The molecule has 0 saturated heterocycles. The van der Waals surface area contributed by atoms with Gasteiger partial charge in [0.25, 0.3) is 0 Å². The van der Waals surface area contributed by atoms with Gasteiger partial charge in [0.2, 0.25) is 0 Å². The molecule has 0 spiro atoms. The Hall–Kier alpha value is -2.37. The van der Waals surface area contributed by atoms with Gasteiger partial charge in [-0.15, -0.1) is 0 Å². The molecule has 0 heterocycles. The first-order valence-electron chi connectivity index (χ1n) is 9.64. The van der Waals surface area contributed by atoms with E-state index in [4.69, 9.17) is 4.74 Å². The molecule has 38 heavy (non-hydrogen) atoms. The first-order valence-corrected chi connectivity index (χ1v) is 9.64. The van der Waals surface area contributed by atoms with Gasteiger partial charge < -0.3 is 9.84 Å². The fourth-order valence-electron chi connectivity index (χ4n) is 3.06. The summed E-state index contributed by atoms with van der Waals surface area (Å²) in [6.07, 6.45) is -11.3. The predicted octanol–water partition coefficient (Wildman–Crippen LogP) is 7.98. The molecule has 1 atom stereocenters. The van der Waals surface area contributed by atoms with Crippen molar-refractivity contribution in [1.82, 2.24) is 0 Å². The summed E-state index contributed by atoms with van der Waals surface area (Å²) in [6, 6.07) is 2.96. The van der Waals surface area contributed by atoms with E-state index in [-0.39, 0.29) is 11.3 Å². The van der Waals surface area contributed by atoms with Crippen LogP contribution < -0.4 is 4.74 Å². The third-order valence-corrected chi connectivity index (χ3v) is 5.25. The summed E-state index contributed by atoms with van der Waals surface area (Å²) in [5, 5.41) is 9.66. The second kappa shape index (κ2) is 9.67. The van der Waals surface area contributed by atoms with Crippen LogP contribution in [0.15, 0.2) is 18.2 Å². The van der Waals surface area contributed by atoms with Crippen molar-refractivity contribution < 1.29 is 84.5 Å². The number of halogens is 17. The van der Waals surface area contributed by atoms with E-state index in [1.54, 1.807) is 0 Å². The average Bonchev–Trinajstić information content (AvgIpc) is 2.73. The first kappa shape index (κ1) is 33.7. The molecule has 0 aliphatic rings. The lowest BCUT2D eigenvalue weighted by atomic mass is 9.85. The van der Waals surface area contributed by atoms with Gasteiger partial charge in [-0.05, 0) is 36.1 Å². The Morgan fingerprint density at radius 1 is 0.658 bits per heavy atom. The van der Waals surface area contributed by atoms with Crippen molar-refractivity contribution in [2.24, 2.45) is 5.92 Å². The summed E-state index contributed by atoms with van der Waals surface area (Å²) in [6.45, 7) is 0.589. The van der Waals surface area contributed by atoms with Gasteiger partial charge in [-0.25, -0.2) is 0 Å². The molecule has 0 aliphatic carbocycles. The van der Waals surface area contributed by atoms with E-state index in [0.29, 0.717) is 6.92 Å². The van der Waals surface area contributed by atoms with Crippen molar-refractivity contribution in [3.05, 3.63) is 23.8 Å². The number of aromatic hydroxyl groups is 1. The number of phenols is 1. The van der Waals surface area contributed by atoms with Gasteiger partial charge >= 0.3 is 47.6 Å². The van der Waals surface area contributed by atoms with Crippen LogP contribution in [0.4, 0.5) is 74.6 Å². The van der Waals surface area contributed by atoms with E-state index in [9.17, 15) is 79.7 Å². The lowest BCUT2D eigenvalue weighted by molar-refractivity contribution is -0.462. The number of rotatable bonds is 11. The van der Waals surface area contributed by atoms with Crippen LogP contribution in [0.1, 0.15) is 18.9 Å². The fourth-order valence-corrected chi connectivity index (χ4v) is 3.06. The highest BCUT2D eigenvalue weighted by Gasteiger charge is 2.95. The number of hydrogen-bond acceptors (Lipinski definition) is 2. The van der Waals surface area contributed by atoms with Crippen molar-refractivity contribution in [1.29, 1.82) is 0 Å². The monoisotopic (exact) mass is 598 g/mol. The maximum absolute atomic E-state index is 14.1. The molecule has 1 aromatic rings. The van der Waals surface area contributed by atoms with Crippen LogP contribution in [0, 0.1) is 5.92 Å². The minimum absolute atomic E-state index is 0.0490. The Bertz CT molecular complexity index is 984. The SMILES string of the molecule is COc1ccc(O)c(CC(C)CC(F)(F)C(F)(F)C(F)(F)C(F)(F)C(F)(F)C(F)(F)C(F)(F)C(F)(F)F)c1. The van der Waals surface area contributed by atoms with Gasteiger partial charge in [0.1, 0.15) is 11.5 Å². The third kappa shape index (κ3) is 5.00. The third-order valence-electron chi connectivity index (χ3n) is 5.25. The molecule has 0 amide bonds. The zero-order chi connectivity index (χ0) is 30.6. The lowest BCUT2D eigenvalue weighted by Gasteiger charge is -2.43. The molecule has 0 aromatic heterocycles. The van der Waals surface area contributed by atoms with Gasteiger partial charge in [0, 0.05) is 6.42 Å². The zero-order valence-electron chi connectivity index (χ0n) is 18.5. The van der Waals surface area contributed by atoms with Crippen LogP contribution in [0.25, 0.3) is 0 Å². The molecular formula is C19H15F17O2. The summed E-state index contributed by atoms with van der Waals surface area (Å²) < 4.78 is 231. The van der Waals surface area contributed by atoms with Crippen molar-refractivity contribution in [3.8, 4) is 11.5 Å². The number of alkyl halides is 17. The molecule has 1 aromatic carbocycles. The molecule has 1 unspecified atom stereocenters. The molecule has 0 fully saturated rings. The first-order chi connectivity index (χ1) is 16.6. The Balaban J connectivity index is 3.45. The van der Waals surface area contributed by atoms with E-state index < -0.39 is 72.1 Å². The lowest BCUT2D eigenvalue weighted by Crippen LogP contribution is -2.74. The smallest absolute Gasteiger partial charge is 0.460 e. The molecule has 1 N–H and O–H groups in total. The minimum Gasteiger partial charge on any atom is -0.508 e. The van der Waals surface area contributed by atoms with E-state index in [2.05, 4.69) is 0 Å². The van der Waals surface area contributed by atoms with Gasteiger partial charge in [-0.1, -0.05) is 6.92 Å². The maximum Gasteiger partial charge on any atom is 0.460 e. The molecule has 1 rings (SSSR count). The Morgan fingerprint density at radius 2 is 1.05 bits per heavy atom. The molecule has 222 valence electrons. The summed E-state index contributed by atoms with van der Waals surface area (Å²) in [7, 11) is 1.08. The van der Waals surface area contributed by atoms with Crippen molar-refractivity contribution in [3.63, 3.8) is 0 Å². The number of hydrogen-bond donors (Lipinski definition) is 1. The summed E-state index contributed by atoms with van der Waals surface area (Å²) in [5.41, 5.74) is -0.353. The van der Waals surface area contributed by atoms with Crippen LogP contribution in [-0.4, -0.2) is 59.9 Å². The predicted molar refractivity (Wildman–Crippen MR) is 92.8 cm³/mol. The van der Waals surface area contributed by atoms with E-state index in [1.807, 2.05) is 0 Å². The van der Waals surface area contributed by atoms with Gasteiger partial charge in [0.15, 0.2) is 0 Å². The number of phenolic OH excluding ortho intramolecular Hbond substituents is 1. The quantitative estimate of drug-likeness (QED) is 0.262. The highest BCUT2D eigenvalue weighted by Crippen LogP contribution is 2.64. The summed E-state index contributed by atoms with van der Waals surface area (Å²) in [4.78, 5) is 0. The van der Waals surface area contributed by atoms with Crippen molar-refractivity contribution in [2.45, 2.75) is 67.4 Å². The number of benzene rings is 1. The normalized spacial score (nSPS) is 16.0. The van der Waals surface area contributed by atoms with Crippen molar-refractivity contribution in [2.75, 3.05) is 7.11 Å². The van der Waals surface area contributed by atoms with Crippen LogP contribution in [-0.2, 0) is 6.42 Å². The van der Waals surface area contributed by atoms with Crippen LogP contribution >= 0.6 is 0 Å². The van der Waals surface area contributed by atoms with Gasteiger partial charge in [-0.3, -0.25) is 0 Å². The molecule has 0 radical (unpaired) electrons. The van der Waals surface area contributed by atoms with Crippen LogP contribution in [0.2, 0.25) is 0 Å². The number of ether oxygens (including phenoxy) is 1. The topological polar surface area (TPSA) is 29.5 Å². The standard InChI is InChI=1S/C19H15F17O2/c1-8(5-9-6-10(38-2)3-4-11(9)37)7-12(20,21)13(22,23)14(24,25)15(26,27)16(28,29)17(30,31)18(32,33)19(34,35)36/h3-4,6,8,37H,5,7H2,1-2H3. The fraction of sp³-hybridized carbons (Fsp3) is 0.684. The van der Waals surface area contributed by atoms with E-state index >= 15 is 0 Å². The van der Waals surface area contributed by atoms with Gasteiger partial charge in [-0.2, -0.15) is 74.6 Å². The maximum atomic E-state index is 14.1. The largest absolute Gasteiger partial charge is 0.508 e. The molecular weight excluding hydrogens is 583 g/mol. The molecule has 0 saturated carbocycles. The Morgan fingerprint density at radius 3 is 1.45 bits per heavy atom. The second-order valence-corrected chi connectivity index (χ2v) is 8.16. The highest BCUT2D eigenvalue weighted by molar-refractivity contribution is 5.39. The van der Waals surface area contributed by atoms with Crippen LogP contribution in [0.3, 0.4) is 0 Å². The number of methoxy groups -OCH3 is 1. The Kier molecular flexibility index (Phi) is 8.57. The minimum atomic E-state index is -8.65. The van der Waals surface area contributed by atoms with Crippen LogP contribution in [0.5, 0.6) is 11.5 Å². The highest BCUT2D eigenvalue weighted by atomic mass is 19.4. The zero-order valence-corrected chi connectivity index (χ0v) is 18.5. The molecule has 19 heteroatoms. The van der Waals surface area contributed by atoms with E-state index in [0.717, 1.165) is 25.3 Å². The molecule has 0 bridgehead atoms. The van der Waals surface area contributed by atoms with Crippen molar-refractivity contribution >= 4 is 0 Å². The Labute approximate surface area is 201 Å². The second-order valence-electron chi connectivity index (χ2n) is 8.16. The summed E-state index contributed by atoms with van der Waals surface area (Å²) >= 11 is 0. The average molecular weight is 598 g/mol. The summed E-state index contributed by atoms with van der Waals surface area (Å²) in [5.74, 6) is -59.2. The van der Waals surface area contributed by atoms with Gasteiger partial charge in [0.05, 0.1) is 7.11 Å². The molecule has 2 nitrogen and oxygen atoms in total. The van der Waals surface area contributed by atoms with E-state index in [1.165, 1.54) is 0 Å². The molecule has 0 aliphatic heterocycles.